The third-order valence-electron chi connectivity index (χ3n) is 2.89. The fourth-order valence-corrected chi connectivity index (χ4v) is 1.90. The Labute approximate surface area is 120 Å². The smallest absolute Gasteiger partial charge is 0.0632 e. The summed E-state index contributed by atoms with van der Waals surface area (Å²) in [4.78, 5) is 4.53. The zero-order chi connectivity index (χ0) is 14.4. The van der Waals surface area contributed by atoms with E-state index in [1.807, 2.05) is 80.6 Å². The fourth-order valence-electron chi connectivity index (χ4n) is 1.90. The molecule has 3 heteroatoms. The van der Waals surface area contributed by atoms with Crippen LogP contribution in [0.4, 0.5) is 11.4 Å². The highest BCUT2D eigenvalue weighted by Gasteiger charge is 2.02. The van der Waals surface area contributed by atoms with Crippen LogP contribution in [-0.2, 0) is 0 Å². The Morgan fingerprint density at radius 2 is 1.50 bits per heavy atom. The predicted octanol–water partition coefficient (Wildman–Crippen LogP) is 4.06. The summed E-state index contributed by atoms with van der Waals surface area (Å²) in [5.41, 5.74) is 3.75. The molecule has 2 N–H and O–H groups in total. The number of allylic oxidation sites excluding steroid dienone is 2. The highest BCUT2D eigenvalue weighted by Crippen LogP contribution is 2.15. The van der Waals surface area contributed by atoms with Crippen molar-refractivity contribution in [3.63, 3.8) is 0 Å². The number of nitrogens with two attached hydrogens (primary N) is 1. The SMILES string of the molecule is C/C(=C/C(C)=N/c1ccccc1)N(N)c1ccccc1. The van der Waals surface area contributed by atoms with Crippen LogP contribution >= 0.6 is 0 Å². The van der Waals surface area contributed by atoms with Crippen LogP contribution in [0.5, 0.6) is 0 Å². The van der Waals surface area contributed by atoms with Crippen molar-refractivity contribution in [3.8, 4) is 0 Å². The molecule has 3 nitrogen and oxygen atoms in total. The molecule has 0 radical (unpaired) electrons. The van der Waals surface area contributed by atoms with Gasteiger partial charge in [0.25, 0.3) is 0 Å². The monoisotopic (exact) mass is 265 g/mol. The number of hydrazine groups is 1. The molecule has 0 saturated carbocycles. The number of hydrogen-bond acceptors (Lipinski definition) is 3. The van der Waals surface area contributed by atoms with Crippen LogP contribution in [0.3, 0.4) is 0 Å². The molecule has 0 bridgehead atoms. The number of nitrogens with zero attached hydrogens (tertiary/aromatic N) is 2. The Morgan fingerprint density at radius 3 is 2.10 bits per heavy atom. The van der Waals surface area contributed by atoms with E-state index in [4.69, 9.17) is 5.84 Å². The normalized spacial score (nSPS) is 12.3. The molecule has 0 aliphatic rings. The van der Waals surface area contributed by atoms with Gasteiger partial charge in [-0.15, -0.1) is 0 Å². The maximum absolute atomic E-state index is 6.09. The van der Waals surface area contributed by atoms with E-state index in [2.05, 4.69) is 4.99 Å². The zero-order valence-corrected chi connectivity index (χ0v) is 11.8. The molecule has 0 heterocycles. The van der Waals surface area contributed by atoms with E-state index in [1.165, 1.54) is 0 Å². The van der Waals surface area contributed by atoms with E-state index < -0.39 is 0 Å². The lowest BCUT2D eigenvalue weighted by Gasteiger charge is -2.19. The predicted molar refractivity (Wildman–Crippen MR) is 86.1 cm³/mol. The molecule has 102 valence electrons. The fraction of sp³-hybridized carbons (Fsp3) is 0.118. The molecule has 0 aliphatic carbocycles. The molecule has 0 spiro atoms. The highest BCUT2D eigenvalue weighted by atomic mass is 15.4. The van der Waals surface area contributed by atoms with Crippen molar-refractivity contribution in [2.24, 2.45) is 10.8 Å². The van der Waals surface area contributed by atoms with Crippen LogP contribution in [0.2, 0.25) is 0 Å². The minimum Gasteiger partial charge on any atom is -0.284 e. The highest BCUT2D eigenvalue weighted by molar-refractivity contribution is 5.95. The first kappa shape index (κ1) is 14.0. The molecule has 0 amide bonds. The molecule has 2 rings (SSSR count). The van der Waals surface area contributed by atoms with Gasteiger partial charge in [0.15, 0.2) is 0 Å². The Balaban J connectivity index is 2.16. The second kappa shape index (κ2) is 6.68. The van der Waals surface area contributed by atoms with Crippen molar-refractivity contribution < 1.29 is 0 Å². The van der Waals surface area contributed by atoms with Crippen LogP contribution in [0, 0.1) is 0 Å². The van der Waals surface area contributed by atoms with Gasteiger partial charge < -0.3 is 0 Å². The quantitative estimate of drug-likeness (QED) is 0.514. The van der Waals surface area contributed by atoms with E-state index in [-0.39, 0.29) is 0 Å². The molecule has 20 heavy (non-hydrogen) atoms. The van der Waals surface area contributed by atoms with Gasteiger partial charge in [-0.3, -0.25) is 10.0 Å². The molecule has 0 unspecified atom stereocenters. The molecular formula is C17H19N3. The Morgan fingerprint density at radius 1 is 0.950 bits per heavy atom. The van der Waals surface area contributed by atoms with Crippen molar-refractivity contribution >= 4 is 17.1 Å². The molecule has 2 aromatic carbocycles. The van der Waals surface area contributed by atoms with Gasteiger partial charge in [0.2, 0.25) is 0 Å². The molecule has 0 aromatic heterocycles. The topological polar surface area (TPSA) is 41.6 Å². The summed E-state index contributed by atoms with van der Waals surface area (Å²) in [7, 11) is 0. The number of para-hydroxylation sites is 2. The van der Waals surface area contributed by atoms with Gasteiger partial charge in [-0.1, -0.05) is 36.4 Å². The Bertz CT molecular complexity index is 601. The standard InChI is InChI=1S/C17H19N3/c1-14(19-16-9-5-3-6-10-16)13-15(2)20(18)17-11-7-4-8-12-17/h3-13H,18H2,1-2H3/b15-13-,19-14+. The Hall–Kier alpha value is -2.39. The van der Waals surface area contributed by atoms with Gasteiger partial charge in [-0.25, -0.2) is 5.84 Å². The van der Waals surface area contributed by atoms with Crippen molar-refractivity contribution in [1.82, 2.24) is 0 Å². The van der Waals surface area contributed by atoms with Gasteiger partial charge in [-0.2, -0.15) is 0 Å². The maximum Gasteiger partial charge on any atom is 0.0632 e. The molecule has 0 saturated heterocycles. The summed E-state index contributed by atoms with van der Waals surface area (Å²) in [6, 6.07) is 19.7. The first-order valence-corrected chi connectivity index (χ1v) is 6.55. The minimum absolute atomic E-state index is 0.917. The van der Waals surface area contributed by atoms with Crippen LogP contribution < -0.4 is 10.9 Å². The van der Waals surface area contributed by atoms with Crippen molar-refractivity contribution in [3.05, 3.63) is 72.4 Å². The van der Waals surface area contributed by atoms with Gasteiger partial charge in [0, 0.05) is 11.4 Å². The minimum atomic E-state index is 0.917. The maximum atomic E-state index is 6.09. The number of hydrogen-bond donors (Lipinski definition) is 1. The summed E-state index contributed by atoms with van der Waals surface area (Å²) in [5.74, 6) is 6.09. The van der Waals surface area contributed by atoms with Gasteiger partial charge in [-0.05, 0) is 44.2 Å². The van der Waals surface area contributed by atoms with Crippen LogP contribution in [0.25, 0.3) is 0 Å². The summed E-state index contributed by atoms with van der Waals surface area (Å²) in [6.45, 7) is 3.94. The number of aliphatic imine (C=N–C) groups is 1. The lowest BCUT2D eigenvalue weighted by molar-refractivity contribution is 0.997. The van der Waals surface area contributed by atoms with E-state index in [1.54, 1.807) is 5.01 Å². The van der Waals surface area contributed by atoms with E-state index in [0.717, 1.165) is 22.8 Å². The largest absolute Gasteiger partial charge is 0.284 e. The van der Waals surface area contributed by atoms with Crippen LogP contribution in [-0.4, -0.2) is 5.71 Å². The third kappa shape index (κ3) is 3.80. The zero-order valence-electron chi connectivity index (χ0n) is 11.8. The van der Waals surface area contributed by atoms with Crippen molar-refractivity contribution in [1.29, 1.82) is 0 Å². The second-order valence-corrected chi connectivity index (χ2v) is 4.58. The average molecular weight is 265 g/mol. The lowest BCUT2D eigenvalue weighted by atomic mass is 10.2. The van der Waals surface area contributed by atoms with Gasteiger partial charge >= 0.3 is 0 Å². The summed E-state index contributed by atoms with van der Waals surface area (Å²) >= 11 is 0. The molecule has 0 atom stereocenters. The molecular weight excluding hydrogens is 246 g/mol. The number of benzene rings is 2. The summed E-state index contributed by atoms with van der Waals surface area (Å²) < 4.78 is 0. The van der Waals surface area contributed by atoms with E-state index in [0.29, 0.717) is 0 Å². The van der Waals surface area contributed by atoms with Crippen molar-refractivity contribution in [2.75, 3.05) is 5.01 Å². The van der Waals surface area contributed by atoms with Crippen molar-refractivity contribution in [2.45, 2.75) is 13.8 Å². The van der Waals surface area contributed by atoms with Gasteiger partial charge in [0.05, 0.1) is 11.4 Å². The first-order valence-electron chi connectivity index (χ1n) is 6.55. The van der Waals surface area contributed by atoms with Crippen LogP contribution in [0.15, 0.2) is 77.4 Å². The number of rotatable bonds is 4. The Kier molecular flexibility index (Phi) is 4.69. The van der Waals surface area contributed by atoms with E-state index >= 15 is 0 Å². The second-order valence-electron chi connectivity index (χ2n) is 4.58. The van der Waals surface area contributed by atoms with Crippen LogP contribution in [0.1, 0.15) is 13.8 Å². The lowest BCUT2D eigenvalue weighted by Crippen LogP contribution is -2.28. The number of anilines is 1. The average Bonchev–Trinajstić information content (AvgIpc) is 2.48. The first-order chi connectivity index (χ1) is 9.66. The summed E-state index contributed by atoms with van der Waals surface area (Å²) in [5, 5.41) is 1.66. The summed E-state index contributed by atoms with van der Waals surface area (Å²) in [6.07, 6.45) is 1.97. The molecule has 0 aliphatic heterocycles. The van der Waals surface area contributed by atoms with Gasteiger partial charge in [0.1, 0.15) is 0 Å². The molecule has 0 fully saturated rings. The third-order valence-corrected chi connectivity index (χ3v) is 2.89. The van der Waals surface area contributed by atoms with E-state index in [9.17, 15) is 0 Å². The molecule has 2 aromatic rings.